The highest BCUT2D eigenvalue weighted by Gasteiger charge is 2.20. The van der Waals surface area contributed by atoms with Crippen LogP contribution in [0.1, 0.15) is 33.1 Å². The minimum absolute atomic E-state index is 0.0150. The molecule has 0 aromatic rings. The van der Waals surface area contributed by atoms with E-state index in [1.54, 1.807) is 0 Å². The predicted molar refractivity (Wildman–Crippen MR) is 48.3 cm³/mol. The molecule has 1 rings (SSSR count). The summed E-state index contributed by atoms with van der Waals surface area (Å²) in [4.78, 5) is 0. The van der Waals surface area contributed by atoms with E-state index in [-0.39, 0.29) is 5.82 Å². The molecule has 1 aliphatic rings. The maximum Gasteiger partial charge on any atom is 0.458 e. The third-order valence-electron chi connectivity index (χ3n) is 1.67. The van der Waals surface area contributed by atoms with Gasteiger partial charge in [0.1, 0.15) is 0 Å². The highest BCUT2D eigenvalue weighted by molar-refractivity contribution is 6.43. The Morgan fingerprint density at radius 2 is 2.00 bits per heavy atom. The van der Waals surface area contributed by atoms with Gasteiger partial charge in [0.2, 0.25) is 0 Å². The van der Waals surface area contributed by atoms with Crippen LogP contribution in [0.2, 0.25) is 5.82 Å². The smallest absolute Gasteiger partial charge is 0.427 e. The number of rotatable bonds is 1. The van der Waals surface area contributed by atoms with Crippen molar-refractivity contribution in [2.45, 2.75) is 38.9 Å². The molecule has 0 saturated carbocycles. The monoisotopic (exact) mass is 156 g/mol. The summed E-state index contributed by atoms with van der Waals surface area (Å²) in [5.41, 5.74) is 0. The standard InChI is InChI=1S/C6H11BO2.C2H6/c8-7(9)6-4-2-1-3-5-6;1-2/h2,4,6,8-9H,1,3,5H2;1-2H3. The summed E-state index contributed by atoms with van der Waals surface area (Å²) >= 11 is 0. The summed E-state index contributed by atoms with van der Waals surface area (Å²) in [5.74, 6) is -0.0150. The minimum atomic E-state index is -1.15. The van der Waals surface area contributed by atoms with Gasteiger partial charge in [-0.2, -0.15) is 0 Å². The zero-order chi connectivity index (χ0) is 8.69. The number of hydrogen-bond donors (Lipinski definition) is 2. The molecule has 0 radical (unpaired) electrons. The lowest BCUT2D eigenvalue weighted by Gasteiger charge is -2.13. The average Bonchev–Trinajstić information content (AvgIpc) is 2.10. The molecule has 3 heteroatoms. The van der Waals surface area contributed by atoms with Crippen LogP contribution in [-0.2, 0) is 0 Å². The summed E-state index contributed by atoms with van der Waals surface area (Å²) < 4.78 is 0. The van der Waals surface area contributed by atoms with Gasteiger partial charge >= 0.3 is 7.12 Å². The van der Waals surface area contributed by atoms with Crippen molar-refractivity contribution < 1.29 is 10.0 Å². The topological polar surface area (TPSA) is 40.5 Å². The van der Waals surface area contributed by atoms with Gasteiger partial charge in [0.05, 0.1) is 0 Å². The summed E-state index contributed by atoms with van der Waals surface area (Å²) in [7, 11) is -1.15. The van der Waals surface area contributed by atoms with E-state index < -0.39 is 7.12 Å². The second-order valence-electron chi connectivity index (χ2n) is 2.44. The molecule has 1 unspecified atom stereocenters. The Labute approximate surface area is 69.1 Å². The van der Waals surface area contributed by atoms with E-state index in [9.17, 15) is 0 Å². The van der Waals surface area contributed by atoms with Crippen molar-refractivity contribution >= 4 is 7.12 Å². The fourth-order valence-corrected chi connectivity index (χ4v) is 1.09. The Balaban J connectivity index is 0.000000461. The maximum absolute atomic E-state index is 8.68. The van der Waals surface area contributed by atoms with Crippen LogP contribution in [0, 0.1) is 0 Å². The Morgan fingerprint density at radius 1 is 1.36 bits per heavy atom. The number of allylic oxidation sites excluding steroid dienone is 2. The Morgan fingerprint density at radius 3 is 2.27 bits per heavy atom. The van der Waals surface area contributed by atoms with Crippen LogP contribution in [0.4, 0.5) is 0 Å². The fraction of sp³-hybridized carbons (Fsp3) is 0.750. The molecule has 2 N–H and O–H groups in total. The van der Waals surface area contributed by atoms with Crippen LogP contribution >= 0.6 is 0 Å². The SMILES string of the molecule is CC.OB(O)C1C=CCCC1. The molecule has 0 spiro atoms. The maximum atomic E-state index is 8.68. The molecule has 1 atom stereocenters. The first-order valence-corrected chi connectivity index (χ1v) is 4.33. The van der Waals surface area contributed by atoms with Gasteiger partial charge in [-0.15, -0.1) is 0 Å². The predicted octanol–water partition coefficient (Wildman–Crippen LogP) is 1.60. The van der Waals surface area contributed by atoms with Crippen LogP contribution in [0.15, 0.2) is 12.2 Å². The van der Waals surface area contributed by atoms with Crippen molar-refractivity contribution in [2.75, 3.05) is 0 Å². The molecular formula is C8H17BO2. The Kier molecular flexibility index (Phi) is 6.28. The van der Waals surface area contributed by atoms with Crippen LogP contribution < -0.4 is 0 Å². The van der Waals surface area contributed by atoms with Gasteiger partial charge in [-0.3, -0.25) is 0 Å². The second kappa shape index (κ2) is 6.44. The first-order chi connectivity index (χ1) is 5.30. The van der Waals surface area contributed by atoms with Gasteiger partial charge in [-0.25, -0.2) is 0 Å². The highest BCUT2D eigenvalue weighted by atomic mass is 16.4. The fourth-order valence-electron chi connectivity index (χ4n) is 1.09. The lowest BCUT2D eigenvalue weighted by molar-refractivity contribution is 0.387. The largest absolute Gasteiger partial charge is 0.458 e. The van der Waals surface area contributed by atoms with Crippen LogP contribution in [0.3, 0.4) is 0 Å². The first-order valence-electron chi connectivity index (χ1n) is 4.33. The molecule has 11 heavy (non-hydrogen) atoms. The van der Waals surface area contributed by atoms with Gasteiger partial charge in [-0.1, -0.05) is 26.0 Å². The third kappa shape index (κ3) is 4.22. The van der Waals surface area contributed by atoms with Gasteiger partial charge in [0.25, 0.3) is 0 Å². The van der Waals surface area contributed by atoms with Gasteiger partial charge in [0, 0.05) is 5.82 Å². The molecule has 0 heterocycles. The van der Waals surface area contributed by atoms with E-state index in [4.69, 9.17) is 10.0 Å². The normalized spacial score (nSPS) is 22.0. The number of hydrogen-bond acceptors (Lipinski definition) is 2. The summed E-state index contributed by atoms with van der Waals surface area (Å²) in [6.45, 7) is 4.00. The average molecular weight is 156 g/mol. The van der Waals surface area contributed by atoms with Crippen molar-refractivity contribution in [3.8, 4) is 0 Å². The quantitative estimate of drug-likeness (QED) is 0.447. The Hall–Kier alpha value is -0.275. The lowest BCUT2D eigenvalue weighted by atomic mass is 9.68. The second-order valence-corrected chi connectivity index (χ2v) is 2.44. The van der Waals surface area contributed by atoms with Gasteiger partial charge < -0.3 is 10.0 Å². The van der Waals surface area contributed by atoms with E-state index in [2.05, 4.69) is 0 Å². The van der Waals surface area contributed by atoms with Gasteiger partial charge in [-0.05, 0) is 19.3 Å². The van der Waals surface area contributed by atoms with Gasteiger partial charge in [0.15, 0.2) is 0 Å². The first kappa shape index (κ1) is 10.7. The lowest BCUT2D eigenvalue weighted by Crippen LogP contribution is -2.19. The molecule has 0 saturated heterocycles. The van der Waals surface area contributed by atoms with E-state index >= 15 is 0 Å². The molecule has 2 nitrogen and oxygen atoms in total. The summed E-state index contributed by atoms with van der Waals surface area (Å²) in [5, 5.41) is 17.4. The molecule has 64 valence electrons. The molecule has 1 aliphatic carbocycles. The summed E-state index contributed by atoms with van der Waals surface area (Å²) in [6.07, 6.45) is 6.97. The molecule has 0 aromatic heterocycles. The van der Waals surface area contributed by atoms with Crippen LogP contribution in [0.5, 0.6) is 0 Å². The van der Waals surface area contributed by atoms with Crippen LogP contribution in [0.25, 0.3) is 0 Å². The summed E-state index contributed by atoms with van der Waals surface area (Å²) in [6, 6.07) is 0. The zero-order valence-corrected chi connectivity index (χ0v) is 7.33. The van der Waals surface area contributed by atoms with E-state index in [1.807, 2.05) is 26.0 Å². The van der Waals surface area contributed by atoms with Crippen molar-refractivity contribution in [2.24, 2.45) is 0 Å². The molecule has 0 amide bonds. The Bertz CT molecular complexity index is 113. The molecule has 0 fully saturated rings. The zero-order valence-electron chi connectivity index (χ0n) is 7.33. The molecule has 0 bridgehead atoms. The molecule has 0 aromatic carbocycles. The van der Waals surface area contributed by atoms with Crippen molar-refractivity contribution in [3.63, 3.8) is 0 Å². The minimum Gasteiger partial charge on any atom is -0.427 e. The van der Waals surface area contributed by atoms with Crippen molar-refractivity contribution in [3.05, 3.63) is 12.2 Å². The van der Waals surface area contributed by atoms with E-state index in [0.29, 0.717) is 0 Å². The van der Waals surface area contributed by atoms with Crippen LogP contribution in [-0.4, -0.2) is 17.2 Å². The molecule has 0 aliphatic heterocycles. The van der Waals surface area contributed by atoms with Crippen molar-refractivity contribution in [1.29, 1.82) is 0 Å². The third-order valence-corrected chi connectivity index (χ3v) is 1.67. The molecular weight excluding hydrogens is 139 g/mol. The van der Waals surface area contributed by atoms with Crippen molar-refractivity contribution in [1.82, 2.24) is 0 Å². The van der Waals surface area contributed by atoms with E-state index in [1.165, 1.54) is 0 Å². The van der Waals surface area contributed by atoms with E-state index in [0.717, 1.165) is 19.3 Å². The highest BCUT2D eigenvalue weighted by Crippen LogP contribution is 2.22.